The van der Waals surface area contributed by atoms with Crippen molar-refractivity contribution in [2.75, 3.05) is 28.4 Å². The van der Waals surface area contributed by atoms with E-state index in [1.165, 1.54) is 22.3 Å². The number of benzene rings is 1. The molecule has 0 aromatic heterocycles. The van der Waals surface area contributed by atoms with Gasteiger partial charge in [-0.3, -0.25) is 0 Å². The molecule has 196 valence electrons. The molecule has 0 fully saturated rings. The van der Waals surface area contributed by atoms with Gasteiger partial charge in [-0.2, -0.15) is 0 Å². The Hall–Kier alpha value is -2.62. The molecule has 0 saturated carbocycles. The van der Waals surface area contributed by atoms with Crippen LogP contribution in [0.15, 0.2) is 46.6 Å². The van der Waals surface area contributed by atoms with E-state index >= 15 is 0 Å². The molecule has 4 heteroatoms. The lowest BCUT2D eigenvalue weighted by atomic mass is 9.99. The highest BCUT2D eigenvalue weighted by Crippen LogP contribution is 2.49. The molecule has 0 bridgehead atoms. The second-order valence-electron chi connectivity index (χ2n) is 9.49. The summed E-state index contributed by atoms with van der Waals surface area (Å²) < 4.78 is 22.5. The van der Waals surface area contributed by atoms with Gasteiger partial charge >= 0.3 is 0 Å². The summed E-state index contributed by atoms with van der Waals surface area (Å²) in [5.41, 5.74) is 7.78. The molecule has 0 spiro atoms. The van der Waals surface area contributed by atoms with E-state index in [-0.39, 0.29) is 0 Å². The first-order chi connectivity index (χ1) is 16.7. The maximum atomic E-state index is 5.71. The Morgan fingerprint density at radius 1 is 0.543 bits per heavy atom. The minimum absolute atomic E-state index is 0.562. The summed E-state index contributed by atoms with van der Waals surface area (Å²) >= 11 is 0. The van der Waals surface area contributed by atoms with Gasteiger partial charge in [-0.15, -0.1) is 0 Å². The number of hydrogen-bond acceptors (Lipinski definition) is 4. The summed E-state index contributed by atoms with van der Waals surface area (Å²) in [4.78, 5) is 0. The standard InChI is InChI=1S/C31H48O4/c1-22(2)14-11-15-23(3)16-12-17-24(4)18-13-19-25(5)20-21-27-26(6)28(32-7)30(34-9)31(35-10)29(27)33-8/h14,16,18,20H,11-13,15,17,19,21H2,1-10H3/b23-16+,24-18+,25-20-. The Morgan fingerprint density at radius 2 is 0.943 bits per heavy atom. The molecule has 0 N–H and O–H groups in total. The summed E-state index contributed by atoms with van der Waals surface area (Å²) in [5, 5.41) is 0. The monoisotopic (exact) mass is 484 g/mol. The van der Waals surface area contributed by atoms with E-state index in [0.29, 0.717) is 23.0 Å². The topological polar surface area (TPSA) is 36.9 Å². The van der Waals surface area contributed by atoms with E-state index in [4.69, 9.17) is 18.9 Å². The zero-order valence-corrected chi connectivity index (χ0v) is 23.9. The fourth-order valence-electron chi connectivity index (χ4n) is 4.16. The Bertz CT molecular complexity index is 928. The second-order valence-corrected chi connectivity index (χ2v) is 9.49. The fraction of sp³-hybridized carbons (Fsp3) is 0.548. The van der Waals surface area contributed by atoms with Gasteiger partial charge in [0.15, 0.2) is 11.5 Å². The number of ether oxygens (including phenoxy) is 4. The predicted molar refractivity (Wildman–Crippen MR) is 149 cm³/mol. The molecule has 0 aliphatic rings. The van der Waals surface area contributed by atoms with E-state index in [9.17, 15) is 0 Å². The summed E-state index contributed by atoms with van der Waals surface area (Å²) in [7, 11) is 6.55. The highest BCUT2D eigenvalue weighted by Gasteiger charge is 2.24. The van der Waals surface area contributed by atoms with Gasteiger partial charge in [0.25, 0.3) is 0 Å². The van der Waals surface area contributed by atoms with Crippen molar-refractivity contribution in [3.05, 3.63) is 57.7 Å². The Morgan fingerprint density at radius 3 is 1.37 bits per heavy atom. The molecular weight excluding hydrogens is 436 g/mol. The molecule has 0 amide bonds. The molecule has 0 heterocycles. The second kappa shape index (κ2) is 16.1. The molecule has 0 saturated heterocycles. The van der Waals surface area contributed by atoms with Crippen molar-refractivity contribution in [3.63, 3.8) is 0 Å². The average Bonchev–Trinajstić information content (AvgIpc) is 2.81. The number of allylic oxidation sites excluding steroid dienone is 8. The summed E-state index contributed by atoms with van der Waals surface area (Å²) in [6, 6.07) is 0. The molecular formula is C31H48O4. The van der Waals surface area contributed by atoms with E-state index in [1.54, 1.807) is 28.4 Å². The summed E-state index contributed by atoms with van der Waals surface area (Å²) in [6.45, 7) is 13.0. The van der Waals surface area contributed by atoms with Crippen LogP contribution in [0.3, 0.4) is 0 Å². The summed E-state index contributed by atoms with van der Waals surface area (Å²) in [6.07, 6.45) is 16.8. The van der Waals surface area contributed by atoms with Crippen molar-refractivity contribution in [2.45, 2.75) is 86.5 Å². The van der Waals surface area contributed by atoms with Crippen LogP contribution in [0.25, 0.3) is 0 Å². The maximum Gasteiger partial charge on any atom is 0.207 e. The molecule has 0 unspecified atom stereocenters. The molecule has 0 atom stereocenters. The number of hydrogen-bond donors (Lipinski definition) is 0. The van der Waals surface area contributed by atoms with E-state index in [2.05, 4.69) is 58.9 Å². The van der Waals surface area contributed by atoms with Crippen LogP contribution in [0, 0.1) is 6.92 Å². The minimum atomic E-state index is 0.562. The van der Waals surface area contributed by atoms with Crippen LogP contribution in [-0.4, -0.2) is 28.4 Å². The van der Waals surface area contributed by atoms with Crippen molar-refractivity contribution < 1.29 is 18.9 Å². The van der Waals surface area contributed by atoms with Gasteiger partial charge in [0.1, 0.15) is 0 Å². The lowest BCUT2D eigenvalue weighted by Gasteiger charge is -2.21. The van der Waals surface area contributed by atoms with E-state index in [0.717, 1.165) is 56.1 Å². The molecule has 1 aromatic rings. The molecule has 1 aromatic carbocycles. The minimum Gasteiger partial charge on any atom is -0.492 e. The summed E-state index contributed by atoms with van der Waals surface area (Å²) in [5.74, 6) is 2.52. The Kier molecular flexibility index (Phi) is 14.0. The molecule has 0 aliphatic heterocycles. The maximum absolute atomic E-state index is 5.71. The quantitative estimate of drug-likeness (QED) is 0.233. The van der Waals surface area contributed by atoms with Gasteiger partial charge in [0.05, 0.1) is 28.4 Å². The van der Waals surface area contributed by atoms with Gasteiger partial charge in [0, 0.05) is 11.1 Å². The first-order valence-corrected chi connectivity index (χ1v) is 12.7. The van der Waals surface area contributed by atoms with Crippen molar-refractivity contribution in [1.29, 1.82) is 0 Å². The van der Waals surface area contributed by atoms with Crippen molar-refractivity contribution >= 4 is 0 Å². The van der Waals surface area contributed by atoms with Gasteiger partial charge in [-0.25, -0.2) is 0 Å². The third-order valence-electron chi connectivity index (χ3n) is 6.31. The van der Waals surface area contributed by atoms with Crippen LogP contribution in [0.4, 0.5) is 0 Å². The third-order valence-corrected chi connectivity index (χ3v) is 6.31. The van der Waals surface area contributed by atoms with Gasteiger partial charge < -0.3 is 18.9 Å². The van der Waals surface area contributed by atoms with Crippen LogP contribution in [0.1, 0.15) is 84.3 Å². The molecule has 4 nitrogen and oxygen atoms in total. The van der Waals surface area contributed by atoms with Gasteiger partial charge in [0.2, 0.25) is 11.5 Å². The largest absolute Gasteiger partial charge is 0.492 e. The van der Waals surface area contributed by atoms with Crippen LogP contribution in [-0.2, 0) is 6.42 Å². The molecule has 0 radical (unpaired) electrons. The Balaban J connectivity index is 2.74. The number of methoxy groups -OCH3 is 4. The smallest absolute Gasteiger partial charge is 0.207 e. The third kappa shape index (κ3) is 9.87. The SMILES string of the molecule is COc1c(C)c(C/C=C(/C)CC/C=C(\C)CC/C=C(\C)CCC=C(C)C)c(OC)c(OC)c1OC. The number of rotatable bonds is 15. The van der Waals surface area contributed by atoms with Crippen LogP contribution in [0.5, 0.6) is 23.0 Å². The Labute approximate surface area is 214 Å². The van der Waals surface area contributed by atoms with Crippen molar-refractivity contribution in [3.8, 4) is 23.0 Å². The van der Waals surface area contributed by atoms with Crippen molar-refractivity contribution in [2.24, 2.45) is 0 Å². The van der Waals surface area contributed by atoms with Gasteiger partial charge in [-0.05, 0) is 86.5 Å². The van der Waals surface area contributed by atoms with Crippen molar-refractivity contribution in [1.82, 2.24) is 0 Å². The fourth-order valence-corrected chi connectivity index (χ4v) is 4.16. The first-order valence-electron chi connectivity index (χ1n) is 12.7. The normalized spacial score (nSPS) is 12.5. The van der Waals surface area contributed by atoms with E-state index in [1.807, 2.05) is 6.92 Å². The van der Waals surface area contributed by atoms with E-state index < -0.39 is 0 Å². The highest BCUT2D eigenvalue weighted by molar-refractivity contribution is 5.67. The lowest BCUT2D eigenvalue weighted by molar-refractivity contribution is 0.302. The lowest BCUT2D eigenvalue weighted by Crippen LogP contribution is -2.04. The first kappa shape index (κ1) is 30.4. The zero-order valence-electron chi connectivity index (χ0n) is 23.9. The highest BCUT2D eigenvalue weighted by atomic mass is 16.5. The predicted octanol–water partition coefficient (Wildman–Crippen LogP) is 8.72. The van der Waals surface area contributed by atoms with Crippen LogP contribution in [0.2, 0.25) is 0 Å². The van der Waals surface area contributed by atoms with Crippen LogP contribution >= 0.6 is 0 Å². The molecule has 0 aliphatic carbocycles. The van der Waals surface area contributed by atoms with Crippen LogP contribution < -0.4 is 18.9 Å². The molecule has 1 rings (SSSR count). The molecule has 35 heavy (non-hydrogen) atoms. The zero-order chi connectivity index (χ0) is 26.4. The van der Waals surface area contributed by atoms with Gasteiger partial charge in [-0.1, -0.05) is 46.6 Å². The average molecular weight is 485 g/mol.